The summed E-state index contributed by atoms with van der Waals surface area (Å²) in [6, 6.07) is 6.81. The number of nitrogens with two attached hydrogens (primary N) is 1. The Hall–Kier alpha value is -1.58. The van der Waals surface area contributed by atoms with E-state index in [1.54, 1.807) is 30.5 Å². The van der Waals surface area contributed by atoms with E-state index < -0.39 is 5.91 Å². The summed E-state index contributed by atoms with van der Waals surface area (Å²) in [4.78, 5) is 15.0. The van der Waals surface area contributed by atoms with Crippen molar-refractivity contribution in [3.05, 3.63) is 52.3 Å². The zero-order chi connectivity index (χ0) is 12.4. The minimum atomic E-state index is -0.539. The Balaban J connectivity index is 2.61. The summed E-state index contributed by atoms with van der Waals surface area (Å²) in [6.45, 7) is 0. The van der Waals surface area contributed by atoms with E-state index in [2.05, 4.69) is 4.98 Å². The number of hydrogen-bond acceptors (Lipinski definition) is 2. The summed E-state index contributed by atoms with van der Waals surface area (Å²) in [5, 5.41) is 1.00. The molecule has 2 aromatic rings. The second kappa shape index (κ2) is 4.73. The molecular weight excluding hydrogens is 259 g/mol. The first-order chi connectivity index (χ1) is 8.09. The molecule has 1 aromatic heterocycles. The highest BCUT2D eigenvalue weighted by molar-refractivity contribution is 6.39. The molecule has 0 radical (unpaired) electrons. The Bertz CT molecular complexity index is 564. The summed E-state index contributed by atoms with van der Waals surface area (Å²) in [5.41, 5.74) is 6.82. The molecular formula is C12H8Cl2N2O. The quantitative estimate of drug-likeness (QED) is 0.908. The second-order valence-electron chi connectivity index (χ2n) is 3.42. The molecule has 1 heterocycles. The Morgan fingerprint density at radius 3 is 2.41 bits per heavy atom. The minimum absolute atomic E-state index is 0.318. The summed E-state index contributed by atoms with van der Waals surface area (Å²) in [6.07, 6.45) is 2.98. The number of pyridine rings is 1. The Kier molecular flexibility index (Phi) is 3.31. The van der Waals surface area contributed by atoms with Gasteiger partial charge in [-0.25, -0.2) is 0 Å². The molecule has 0 aliphatic heterocycles. The molecule has 0 bridgehead atoms. The van der Waals surface area contributed by atoms with E-state index in [1.807, 2.05) is 0 Å². The molecule has 17 heavy (non-hydrogen) atoms. The van der Waals surface area contributed by atoms with Gasteiger partial charge in [0.2, 0.25) is 5.91 Å². The van der Waals surface area contributed by atoms with E-state index in [4.69, 9.17) is 28.9 Å². The largest absolute Gasteiger partial charge is 0.366 e. The first-order valence-corrected chi connectivity index (χ1v) is 5.54. The zero-order valence-electron chi connectivity index (χ0n) is 8.65. The number of rotatable bonds is 2. The van der Waals surface area contributed by atoms with E-state index in [1.165, 1.54) is 6.20 Å². The van der Waals surface area contributed by atoms with Gasteiger partial charge in [-0.2, -0.15) is 0 Å². The maximum atomic E-state index is 11.1. The monoisotopic (exact) mass is 266 g/mol. The van der Waals surface area contributed by atoms with Gasteiger partial charge in [0.1, 0.15) is 0 Å². The SMILES string of the molecule is NC(=O)c1cncc(-c2c(Cl)cccc2Cl)c1. The van der Waals surface area contributed by atoms with Crippen LogP contribution in [0.25, 0.3) is 11.1 Å². The smallest absolute Gasteiger partial charge is 0.250 e. The Morgan fingerprint density at radius 1 is 1.18 bits per heavy atom. The first kappa shape index (κ1) is 11.9. The molecule has 0 aliphatic rings. The number of carbonyl (C=O) groups is 1. The van der Waals surface area contributed by atoms with Crippen LogP contribution in [0, 0.1) is 0 Å². The zero-order valence-corrected chi connectivity index (χ0v) is 10.2. The van der Waals surface area contributed by atoms with Crippen LogP contribution in [0.3, 0.4) is 0 Å². The highest BCUT2D eigenvalue weighted by atomic mass is 35.5. The fourth-order valence-corrected chi connectivity index (χ4v) is 2.10. The van der Waals surface area contributed by atoms with Crippen LogP contribution >= 0.6 is 23.2 Å². The van der Waals surface area contributed by atoms with Crippen molar-refractivity contribution in [2.75, 3.05) is 0 Å². The van der Waals surface area contributed by atoms with Crippen LogP contribution in [0.4, 0.5) is 0 Å². The highest BCUT2D eigenvalue weighted by Gasteiger charge is 2.10. The third-order valence-electron chi connectivity index (χ3n) is 2.27. The van der Waals surface area contributed by atoms with Gasteiger partial charge in [0, 0.05) is 33.6 Å². The normalized spacial score (nSPS) is 10.2. The molecule has 0 saturated carbocycles. The number of halogens is 2. The van der Waals surface area contributed by atoms with Crippen molar-refractivity contribution in [3.63, 3.8) is 0 Å². The molecule has 86 valence electrons. The number of amides is 1. The van der Waals surface area contributed by atoms with Gasteiger partial charge in [0.15, 0.2) is 0 Å². The van der Waals surface area contributed by atoms with Crippen molar-refractivity contribution in [3.8, 4) is 11.1 Å². The molecule has 0 aliphatic carbocycles. The number of nitrogens with zero attached hydrogens (tertiary/aromatic N) is 1. The van der Waals surface area contributed by atoms with Crippen molar-refractivity contribution in [2.45, 2.75) is 0 Å². The third-order valence-corrected chi connectivity index (χ3v) is 2.90. The molecule has 0 saturated heterocycles. The first-order valence-electron chi connectivity index (χ1n) is 4.79. The number of aromatic nitrogens is 1. The molecule has 2 N–H and O–H groups in total. The van der Waals surface area contributed by atoms with E-state index in [0.717, 1.165) is 0 Å². The number of benzene rings is 1. The van der Waals surface area contributed by atoms with Gasteiger partial charge < -0.3 is 5.73 Å². The average molecular weight is 267 g/mol. The van der Waals surface area contributed by atoms with E-state index in [-0.39, 0.29) is 0 Å². The highest BCUT2D eigenvalue weighted by Crippen LogP contribution is 2.34. The number of primary amides is 1. The molecule has 5 heteroatoms. The van der Waals surface area contributed by atoms with E-state index in [0.29, 0.717) is 26.7 Å². The fraction of sp³-hybridized carbons (Fsp3) is 0. The van der Waals surface area contributed by atoms with Crippen molar-refractivity contribution in [1.82, 2.24) is 4.98 Å². The van der Waals surface area contributed by atoms with Crippen LogP contribution in [0.2, 0.25) is 10.0 Å². The van der Waals surface area contributed by atoms with Crippen molar-refractivity contribution in [2.24, 2.45) is 5.73 Å². The fourth-order valence-electron chi connectivity index (χ4n) is 1.49. The Morgan fingerprint density at radius 2 is 1.82 bits per heavy atom. The van der Waals surface area contributed by atoms with Crippen LogP contribution in [0.15, 0.2) is 36.7 Å². The van der Waals surface area contributed by atoms with Crippen LogP contribution in [0.1, 0.15) is 10.4 Å². The van der Waals surface area contributed by atoms with Gasteiger partial charge in [-0.3, -0.25) is 9.78 Å². The topological polar surface area (TPSA) is 56.0 Å². The van der Waals surface area contributed by atoms with Gasteiger partial charge in [-0.1, -0.05) is 29.3 Å². The maximum absolute atomic E-state index is 11.1. The lowest BCUT2D eigenvalue weighted by Gasteiger charge is -2.07. The molecule has 0 fully saturated rings. The standard InChI is InChI=1S/C12H8Cl2N2O/c13-9-2-1-3-10(14)11(9)7-4-8(12(15)17)6-16-5-7/h1-6H,(H2,15,17). The molecule has 1 aromatic carbocycles. The van der Waals surface area contributed by atoms with Crippen molar-refractivity contribution >= 4 is 29.1 Å². The molecule has 0 spiro atoms. The van der Waals surface area contributed by atoms with Gasteiger partial charge >= 0.3 is 0 Å². The molecule has 0 unspecified atom stereocenters. The summed E-state index contributed by atoms with van der Waals surface area (Å²) in [7, 11) is 0. The van der Waals surface area contributed by atoms with Crippen LogP contribution in [-0.4, -0.2) is 10.9 Å². The maximum Gasteiger partial charge on any atom is 0.250 e. The summed E-state index contributed by atoms with van der Waals surface area (Å²) >= 11 is 12.1. The van der Waals surface area contributed by atoms with Crippen LogP contribution in [-0.2, 0) is 0 Å². The number of carbonyl (C=O) groups excluding carboxylic acids is 1. The molecule has 2 rings (SSSR count). The minimum Gasteiger partial charge on any atom is -0.366 e. The van der Waals surface area contributed by atoms with Gasteiger partial charge in [0.25, 0.3) is 0 Å². The lowest BCUT2D eigenvalue weighted by atomic mass is 10.1. The third kappa shape index (κ3) is 2.40. The average Bonchev–Trinajstić information content (AvgIpc) is 2.29. The van der Waals surface area contributed by atoms with Gasteiger partial charge in [-0.05, 0) is 18.2 Å². The molecule has 1 amide bonds. The van der Waals surface area contributed by atoms with Gasteiger partial charge in [-0.15, -0.1) is 0 Å². The summed E-state index contributed by atoms with van der Waals surface area (Å²) in [5.74, 6) is -0.539. The lowest BCUT2D eigenvalue weighted by molar-refractivity contribution is 0.1000. The van der Waals surface area contributed by atoms with Gasteiger partial charge in [0.05, 0.1) is 5.56 Å². The van der Waals surface area contributed by atoms with E-state index >= 15 is 0 Å². The predicted octanol–water partition coefficient (Wildman–Crippen LogP) is 3.15. The predicted molar refractivity (Wildman–Crippen MR) is 68.2 cm³/mol. The second-order valence-corrected chi connectivity index (χ2v) is 4.24. The van der Waals surface area contributed by atoms with Crippen LogP contribution < -0.4 is 5.73 Å². The Labute approximate surface area is 108 Å². The summed E-state index contributed by atoms with van der Waals surface area (Å²) < 4.78 is 0. The lowest BCUT2D eigenvalue weighted by Crippen LogP contribution is -2.11. The van der Waals surface area contributed by atoms with Crippen molar-refractivity contribution in [1.29, 1.82) is 0 Å². The molecule has 3 nitrogen and oxygen atoms in total. The number of hydrogen-bond donors (Lipinski definition) is 1. The van der Waals surface area contributed by atoms with Crippen molar-refractivity contribution < 1.29 is 4.79 Å². The molecule has 0 atom stereocenters. The van der Waals surface area contributed by atoms with E-state index in [9.17, 15) is 4.79 Å². The van der Waals surface area contributed by atoms with Crippen LogP contribution in [0.5, 0.6) is 0 Å².